The van der Waals surface area contributed by atoms with Gasteiger partial charge in [0.2, 0.25) is 0 Å². The Morgan fingerprint density at radius 3 is 0.450 bits per heavy atom. The molecule has 0 unspecified atom stereocenters. The second-order valence-electron chi connectivity index (χ2n) is 0.653. The molecule has 0 aliphatic carbocycles. The molecule has 0 radical (unpaired) electrons. The molecule has 0 aromatic carbocycles. The van der Waals surface area contributed by atoms with Crippen LogP contribution in [0.25, 0.3) is 0 Å². The van der Waals surface area contributed by atoms with Gasteiger partial charge in [-0.05, 0) is 0 Å². The second kappa shape index (κ2) is 139. The molecule has 0 aromatic heterocycles. The first-order valence-electron chi connectivity index (χ1n) is 1.50. The van der Waals surface area contributed by atoms with Crippen molar-refractivity contribution in [3.05, 3.63) is 0 Å². The minimum absolute atomic E-state index is 0. The van der Waals surface area contributed by atoms with E-state index >= 15 is 0 Å². The zero-order valence-electron chi connectivity index (χ0n) is 10.8. The van der Waals surface area contributed by atoms with Crippen molar-refractivity contribution >= 4 is 14.6 Å². The molecule has 20 heavy (non-hydrogen) atoms. The largest absolute Gasteiger partial charge is 1.00 e. The SMILES string of the molecule is O.O.O.O.O.O.O.O.O.O.OB(O)O.[Na+].[Na+].[O-]B([O-])O. The molecule has 20 heteroatoms. The molecule has 0 rings (SSSR count). The molecule has 0 atom stereocenters. The molecule has 16 nitrogen and oxygen atoms in total. The quantitative estimate of drug-likeness (QED) is 0.307. The summed E-state index contributed by atoms with van der Waals surface area (Å²) in [6.07, 6.45) is 0. The van der Waals surface area contributed by atoms with Gasteiger partial charge in [0, 0.05) is 0 Å². The number of rotatable bonds is 0. The van der Waals surface area contributed by atoms with Crippen LogP contribution in [0.3, 0.4) is 0 Å². The van der Waals surface area contributed by atoms with E-state index in [0.29, 0.717) is 0 Å². The summed E-state index contributed by atoms with van der Waals surface area (Å²) in [5.41, 5.74) is 0. The van der Waals surface area contributed by atoms with E-state index in [1.807, 2.05) is 0 Å². The van der Waals surface area contributed by atoms with Gasteiger partial charge in [-0.15, -0.1) is 0 Å². The van der Waals surface area contributed by atoms with E-state index in [1.165, 1.54) is 0 Å². The zero-order chi connectivity index (χ0) is 7.15. The Kier molecular flexibility index (Phi) is 1120. The zero-order valence-corrected chi connectivity index (χ0v) is 14.8. The van der Waals surface area contributed by atoms with E-state index in [0.717, 1.165) is 0 Å². The molecule has 24 N–H and O–H groups in total. The van der Waals surface area contributed by atoms with Crippen molar-refractivity contribution in [2.45, 2.75) is 0 Å². The van der Waals surface area contributed by atoms with E-state index < -0.39 is 14.6 Å². The van der Waals surface area contributed by atoms with E-state index in [1.54, 1.807) is 0 Å². The molecular formula is H24B2Na2O16. The van der Waals surface area contributed by atoms with Crippen LogP contribution in [0.2, 0.25) is 0 Å². The van der Waals surface area contributed by atoms with E-state index in [4.69, 9.17) is 30.1 Å². The van der Waals surface area contributed by atoms with Crippen molar-refractivity contribution < 1.29 is 144 Å². The summed E-state index contributed by atoms with van der Waals surface area (Å²) in [5.74, 6) is 0. The summed E-state index contributed by atoms with van der Waals surface area (Å²) in [4.78, 5) is 0. The normalized spacial score (nSPS) is 2.70. The first-order chi connectivity index (χ1) is 3.46. The summed E-state index contributed by atoms with van der Waals surface area (Å²) in [5, 5.41) is 45.5. The van der Waals surface area contributed by atoms with Gasteiger partial charge in [-0.3, -0.25) is 0 Å². The predicted molar refractivity (Wildman–Crippen MR) is 56.5 cm³/mol. The van der Waals surface area contributed by atoms with Gasteiger partial charge in [0.25, 0.3) is 0 Å². The Labute approximate surface area is 158 Å². The summed E-state index contributed by atoms with van der Waals surface area (Å²) in [6, 6.07) is 0. The Morgan fingerprint density at radius 2 is 0.450 bits per heavy atom. The van der Waals surface area contributed by atoms with Crippen molar-refractivity contribution in [2.75, 3.05) is 0 Å². The molecule has 128 valence electrons. The van der Waals surface area contributed by atoms with Crippen molar-refractivity contribution in [3.8, 4) is 0 Å². The fourth-order valence-electron chi connectivity index (χ4n) is 0. The topological polar surface area (TPSA) is 442 Å². The third-order valence-corrected chi connectivity index (χ3v) is 0. The van der Waals surface area contributed by atoms with Crippen molar-refractivity contribution in [1.29, 1.82) is 0 Å². The van der Waals surface area contributed by atoms with Crippen LogP contribution in [0.5, 0.6) is 0 Å². The van der Waals surface area contributed by atoms with Crippen molar-refractivity contribution in [1.82, 2.24) is 0 Å². The smallest absolute Gasteiger partial charge is 0.871 e. The molecule has 0 aliphatic heterocycles. The van der Waals surface area contributed by atoms with Crippen molar-refractivity contribution in [2.24, 2.45) is 0 Å². The maximum Gasteiger partial charge on any atom is 1.00 e. The first kappa shape index (κ1) is 161. The molecule has 0 amide bonds. The molecule has 0 bridgehead atoms. The molecule has 0 heterocycles. The fraction of sp³-hybridized carbons (Fsp3) is 0. The Hall–Kier alpha value is 1.49. The van der Waals surface area contributed by atoms with Gasteiger partial charge in [0.15, 0.2) is 0 Å². The third kappa shape index (κ3) is 3000. The van der Waals surface area contributed by atoms with Gasteiger partial charge in [-0.25, -0.2) is 0 Å². The van der Waals surface area contributed by atoms with E-state index in [9.17, 15) is 0 Å². The molecule has 0 aromatic rings. The molecule has 0 saturated carbocycles. The van der Waals surface area contributed by atoms with Crippen LogP contribution in [0.4, 0.5) is 0 Å². The molecule has 0 fully saturated rings. The van der Waals surface area contributed by atoms with Gasteiger partial charge in [-0.2, -0.15) is 0 Å². The van der Waals surface area contributed by atoms with Gasteiger partial charge < -0.3 is 84.9 Å². The molecule has 0 spiro atoms. The number of hydrogen-bond acceptors (Lipinski definition) is 6. The molecular weight excluding hydrogens is 324 g/mol. The van der Waals surface area contributed by atoms with Crippen LogP contribution in [0.1, 0.15) is 0 Å². The van der Waals surface area contributed by atoms with E-state index in [-0.39, 0.29) is 114 Å². The maximum absolute atomic E-state index is 8.53. The summed E-state index contributed by atoms with van der Waals surface area (Å²) in [6.45, 7) is 0. The average Bonchev–Trinajstić information content (AvgIpc) is 1.25. The first-order valence-corrected chi connectivity index (χ1v) is 1.50. The van der Waals surface area contributed by atoms with Crippen LogP contribution >= 0.6 is 0 Å². The average molecular weight is 348 g/mol. The minimum Gasteiger partial charge on any atom is -0.871 e. The Bertz CT molecular complexity index is 33.9. The van der Waals surface area contributed by atoms with Crippen LogP contribution in [-0.4, -0.2) is 89.5 Å². The van der Waals surface area contributed by atoms with Crippen LogP contribution < -0.4 is 69.2 Å². The van der Waals surface area contributed by atoms with Crippen molar-refractivity contribution in [3.63, 3.8) is 0 Å². The molecule has 0 aliphatic rings. The van der Waals surface area contributed by atoms with Crippen LogP contribution in [-0.2, 0) is 0 Å². The maximum atomic E-state index is 8.53. The Balaban J connectivity index is -0.00000000187. The van der Waals surface area contributed by atoms with Crippen LogP contribution in [0.15, 0.2) is 0 Å². The van der Waals surface area contributed by atoms with Gasteiger partial charge >= 0.3 is 66.4 Å². The summed E-state index contributed by atoms with van der Waals surface area (Å²) < 4.78 is 0. The monoisotopic (exact) mass is 348 g/mol. The van der Waals surface area contributed by atoms with Gasteiger partial charge in [0.1, 0.15) is 0 Å². The standard InChI is InChI=1S/BH3O3.BHO3.2Na.10H2O/c2*2-1(3)4;;;;;;;;;;;;/h2-4H;2H;;;10*1H2/q;-2;2*+1;;;;;;;;;;. The number of hydrogen-bond donors (Lipinski definition) is 4. The van der Waals surface area contributed by atoms with Gasteiger partial charge in [-0.1, -0.05) is 0 Å². The predicted octanol–water partition coefficient (Wildman–Crippen LogP) is -19.6. The van der Waals surface area contributed by atoms with Gasteiger partial charge in [0.05, 0.1) is 7.32 Å². The third-order valence-electron chi connectivity index (χ3n) is 0. The summed E-state index contributed by atoms with van der Waals surface area (Å²) in [7, 11) is -4.83. The Morgan fingerprint density at radius 1 is 0.450 bits per heavy atom. The van der Waals surface area contributed by atoms with E-state index in [2.05, 4.69) is 0 Å². The fourth-order valence-corrected chi connectivity index (χ4v) is 0. The van der Waals surface area contributed by atoms with Crippen LogP contribution in [0, 0.1) is 0 Å². The molecule has 0 saturated heterocycles. The summed E-state index contributed by atoms with van der Waals surface area (Å²) >= 11 is 0. The second-order valence-corrected chi connectivity index (χ2v) is 0.653. The minimum atomic E-state index is -2.67.